The van der Waals surface area contributed by atoms with Crippen molar-refractivity contribution in [1.29, 1.82) is 0 Å². The smallest absolute Gasteiger partial charge is 0.382 e. The van der Waals surface area contributed by atoms with Crippen molar-refractivity contribution in [2.75, 3.05) is 5.32 Å². The van der Waals surface area contributed by atoms with Crippen LogP contribution in [0.5, 0.6) is 0 Å². The van der Waals surface area contributed by atoms with Gasteiger partial charge in [-0.3, -0.25) is 0 Å². The lowest BCUT2D eigenvalue weighted by atomic mass is 9.73. The molecule has 0 radical (unpaired) electrons. The summed E-state index contributed by atoms with van der Waals surface area (Å²) in [6, 6.07) is 3.22. The summed E-state index contributed by atoms with van der Waals surface area (Å²) >= 11 is 0. The van der Waals surface area contributed by atoms with Gasteiger partial charge < -0.3 is 5.32 Å². The van der Waals surface area contributed by atoms with Gasteiger partial charge in [-0.05, 0) is 36.5 Å². The highest BCUT2D eigenvalue weighted by atomic mass is 19.4. The molecular weight excluding hydrogens is 270 g/mol. The van der Waals surface area contributed by atoms with E-state index >= 15 is 0 Å². The van der Waals surface area contributed by atoms with Gasteiger partial charge in [0.05, 0.1) is 5.56 Å². The van der Waals surface area contributed by atoms with Crippen molar-refractivity contribution in [2.45, 2.75) is 51.7 Å². The van der Waals surface area contributed by atoms with Gasteiger partial charge in [0.25, 0.3) is 0 Å². The van der Waals surface area contributed by atoms with Crippen molar-refractivity contribution >= 4 is 5.69 Å². The van der Waals surface area contributed by atoms with Crippen molar-refractivity contribution in [1.82, 2.24) is 0 Å². The molecule has 1 atom stereocenters. The van der Waals surface area contributed by atoms with Crippen LogP contribution < -0.4 is 5.32 Å². The maximum atomic E-state index is 13.2. The third-order valence-electron chi connectivity index (χ3n) is 4.12. The molecule has 2 rings (SSSR count). The van der Waals surface area contributed by atoms with Gasteiger partial charge in [0, 0.05) is 11.7 Å². The van der Waals surface area contributed by atoms with Crippen molar-refractivity contribution in [3.8, 4) is 0 Å². The second kappa shape index (κ2) is 5.26. The molecule has 1 nitrogen and oxygen atoms in total. The predicted octanol–water partition coefficient (Wildman–Crippen LogP) is 5.23. The van der Waals surface area contributed by atoms with Gasteiger partial charge in [-0.1, -0.05) is 26.7 Å². The van der Waals surface area contributed by atoms with E-state index in [1.165, 1.54) is 6.07 Å². The van der Waals surface area contributed by atoms with Gasteiger partial charge in [-0.2, -0.15) is 13.2 Å². The molecule has 0 heterocycles. The molecule has 0 spiro atoms. The molecule has 0 aromatic heterocycles. The summed E-state index contributed by atoms with van der Waals surface area (Å²) in [6.07, 6.45) is -0.496. The Kier molecular flexibility index (Phi) is 3.98. The Balaban J connectivity index is 2.22. The summed E-state index contributed by atoms with van der Waals surface area (Å²) in [5.41, 5.74) is -0.847. The summed E-state index contributed by atoms with van der Waals surface area (Å²) in [6.45, 7) is 4.22. The standard InChI is InChI=1S/C15H19F4N/c1-14(2)8-4-3-5-13(14)20-10-6-7-12(16)11(9-10)15(17,18)19/h6-7,9,13,20H,3-5,8H2,1-2H3. The van der Waals surface area contributed by atoms with Crippen molar-refractivity contribution in [3.63, 3.8) is 0 Å². The molecule has 5 heteroatoms. The van der Waals surface area contributed by atoms with Crippen molar-refractivity contribution < 1.29 is 17.6 Å². The normalized spacial score (nSPS) is 22.6. The summed E-state index contributed by atoms with van der Waals surface area (Å²) in [7, 11) is 0. The average Bonchev–Trinajstić information content (AvgIpc) is 2.32. The van der Waals surface area contributed by atoms with Crippen LogP contribution >= 0.6 is 0 Å². The highest BCUT2D eigenvalue weighted by Crippen LogP contribution is 2.38. The Labute approximate surface area is 116 Å². The van der Waals surface area contributed by atoms with Gasteiger partial charge >= 0.3 is 6.18 Å². The zero-order valence-corrected chi connectivity index (χ0v) is 11.6. The lowest BCUT2D eigenvalue weighted by Crippen LogP contribution is -2.38. The van der Waals surface area contributed by atoms with Gasteiger partial charge in [-0.15, -0.1) is 0 Å². The second-order valence-electron chi connectivity index (χ2n) is 6.12. The molecule has 0 bridgehead atoms. The third kappa shape index (κ3) is 3.25. The SMILES string of the molecule is CC1(C)CCCCC1Nc1ccc(F)c(C(F)(F)F)c1. The number of rotatable bonds is 2. The highest BCUT2D eigenvalue weighted by Gasteiger charge is 2.35. The van der Waals surface area contributed by atoms with Crippen LogP contribution in [0.2, 0.25) is 0 Å². The van der Waals surface area contributed by atoms with Crippen LogP contribution in [0.25, 0.3) is 0 Å². The largest absolute Gasteiger partial charge is 0.419 e. The van der Waals surface area contributed by atoms with E-state index < -0.39 is 17.6 Å². The van der Waals surface area contributed by atoms with Gasteiger partial charge in [0.2, 0.25) is 0 Å². The molecule has 112 valence electrons. The van der Waals surface area contributed by atoms with Crippen molar-refractivity contribution in [3.05, 3.63) is 29.6 Å². The zero-order chi connectivity index (χ0) is 15.0. The van der Waals surface area contributed by atoms with Gasteiger partial charge in [0.15, 0.2) is 0 Å². The molecule has 0 amide bonds. The molecule has 1 aliphatic carbocycles. The minimum Gasteiger partial charge on any atom is -0.382 e. The maximum absolute atomic E-state index is 13.2. The minimum atomic E-state index is -4.66. The van der Waals surface area contributed by atoms with Gasteiger partial charge in [0.1, 0.15) is 5.82 Å². The second-order valence-corrected chi connectivity index (χ2v) is 6.12. The predicted molar refractivity (Wildman–Crippen MR) is 71.1 cm³/mol. The molecule has 0 saturated heterocycles. The van der Waals surface area contributed by atoms with Crippen LogP contribution in [0.15, 0.2) is 18.2 Å². The Morgan fingerprint density at radius 3 is 2.50 bits per heavy atom. The number of halogens is 4. The van der Waals surface area contributed by atoms with Crippen LogP contribution in [0.1, 0.15) is 45.1 Å². The number of benzene rings is 1. The van der Waals surface area contributed by atoms with E-state index in [-0.39, 0.29) is 11.5 Å². The zero-order valence-electron chi connectivity index (χ0n) is 11.6. The molecular formula is C15H19F4N. The maximum Gasteiger partial charge on any atom is 0.419 e. The highest BCUT2D eigenvalue weighted by molar-refractivity contribution is 5.48. The fourth-order valence-electron chi connectivity index (χ4n) is 2.80. The van der Waals surface area contributed by atoms with Crippen molar-refractivity contribution in [2.24, 2.45) is 5.41 Å². The monoisotopic (exact) mass is 289 g/mol. The quantitative estimate of drug-likeness (QED) is 0.735. The first kappa shape index (κ1) is 15.1. The Morgan fingerprint density at radius 2 is 1.90 bits per heavy atom. The Morgan fingerprint density at radius 1 is 1.20 bits per heavy atom. The van der Waals surface area contributed by atoms with Crippen LogP contribution in [0, 0.1) is 11.2 Å². The molecule has 1 fully saturated rings. The van der Waals surface area contributed by atoms with Crippen LogP contribution in [-0.4, -0.2) is 6.04 Å². The molecule has 1 unspecified atom stereocenters. The fraction of sp³-hybridized carbons (Fsp3) is 0.600. The minimum absolute atomic E-state index is 0.0328. The molecule has 1 aromatic carbocycles. The number of hydrogen-bond acceptors (Lipinski definition) is 1. The van der Waals surface area contributed by atoms with E-state index in [0.717, 1.165) is 37.8 Å². The molecule has 1 N–H and O–H groups in total. The molecule has 1 aromatic rings. The first-order chi connectivity index (χ1) is 9.20. The summed E-state index contributed by atoms with van der Waals surface area (Å²) in [4.78, 5) is 0. The van der Waals surface area contributed by atoms with Gasteiger partial charge in [-0.25, -0.2) is 4.39 Å². The Hall–Kier alpha value is -1.26. The molecule has 1 aliphatic rings. The number of anilines is 1. The summed E-state index contributed by atoms with van der Waals surface area (Å²) in [5.74, 6) is -1.23. The summed E-state index contributed by atoms with van der Waals surface area (Å²) < 4.78 is 51.3. The summed E-state index contributed by atoms with van der Waals surface area (Å²) in [5, 5.41) is 3.14. The molecule has 0 aliphatic heterocycles. The lowest BCUT2D eigenvalue weighted by Gasteiger charge is -2.39. The van der Waals surface area contributed by atoms with Crippen LogP contribution in [0.3, 0.4) is 0 Å². The lowest BCUT2D eigenvalue weighted by molar-refractivity contribution is -0.139. The van der Waals surface area contributed by atoms with E-state index in [1.54, 1.807) is 0 Å². The first-order valence-electron chi connectivity index (χ1n) is 6.83. The van der Waals surface area contributed by atoms with E-state index in [9.17, 15) is 17.6 Å². The van der Waals surface area contributed by atoms with E-state index in [1.807, 2.05) is 0 Å². The average molecular weight is 289 g/mol. The fourth-order valence-corrected chi connectivity index (χ4v) is 2.80. The number of hydrogen-bond donors (Lipinski definition) is 1. The van der Waals surface area contributed by atoms with E-state index in [2.05, 4.69) is 19.2 Å². The first-order valence-corrected chi connectivity index (χ1v) is 6.83. The number of alkyl halides is 3. The third-order valence-corrected chi connectivity index (χ3v) is 4.12. The number of nitrogens with one attached hydrogen (secondary N) is 1. The van der Waals surface area contributed by atoms with Crippen LogP contribution in [-0.2, 0) is 6.18 Å². The van der Waals surface area contributed by atoms with E-state index in [0.29, 0.717) is 5.69 Å². The Bertz CT molecular complexity index is 479. The van der Waals surface area contributed by atoms with Crippen LogP contribution in [0.4, 0.5) is 23.2 Å². The van der Waals surface area contributed by atoms with E-state index in [4.69, 9.17) is 0 Å². The molecule has 20 heavy (non-hydrogen) atoms. The molecule has 1 saturated carbocycles. The topological polar surface area (TPSA) is 12.0 Å².